The van der Waals surface area contributed by atoms with E-state index in [2.05, 4.69) is 9.97 Å². The third-order valence-electron chi connectivity index (χ3n) is 2.72. The van der Waals surface area contributed by atoms with Crippen molar-refractivity contribution < 1.29 is 18.3 Å². The highest BCUT2D eigenvalue weighted by Gasteiger charge is 2.57. The molecule has 17 heavy (non-hydrogen) atoms. The zero-order chi connectivity index (χ0) is 12.7. The molecule has 1 fully saturated rings. The third-order valence-corrected chi connectivity index (χ3v) is 2.93. The molecule has 1 aromatic heterocycles. The van der Waals surface area contributed by atoms with Gasteiger partial charge in [0.2, 0.25) is 0 Å². The van der Waals surface area contributed by atoms with Gasteiger partial charge in [-0.25, -0.2) is 9.97 Å². The molecule has 1 N–H and O–H groups in total. The molecule has 1 aliphatic heterocycles. The minimum atomic E-state index is -4.64. The van der Waals surface area contributed by atoms with Crippen LogP contribution in [0, 0.1) is 0 Å². The van der Waals surface area contributed by atoms with Crippen LogP contribution in [0.15, 0.2) is 12.4 Å². The number of nitrogens with zero attached hydrogens (tertiary/aromatic N) is 3. The van der Waals surface area contributed by atoms with Gasteiger partial charge in [-0.05, 0) is 0 Å². The van der Waals surface area contributed by atoms with Crippen molar-refractivity contribution in [1.29, 1.82) is 0 Å². The predicted molar refractivity (Wildman–Crippen MR) is 54.9 cm³/mol. The smallest absolute Gasteiger partial charge is 0.379 e. The maximum Gasteiger partial charge on any atom is 0.418 e. The van der Waals surface area contributed by atoms with Gasteiger partial charge in [-0.2, -0.15) is 13.2 Å². The van der Waals surface area contributed by atoms with E-state index in [1.54, 1.807) is 0 Å². The lowest BCUT2D eigenvalue weighted by Crippen LogP contribution is -2.47. The van der Waals surface area contributed by atoms with Crippen LogP contribution < -0.4 is 4.90 Å². The molecule has 1 aromatic rings. The van der Waals surface area contributed by atoms with Crippen LogP contribution in [0.4, 0.5) is 19.0 Å². The van der Waals surface area contributed by atoms with Crippen molar-refractivity contribution in [2.75, 3.05) is 18.0 Å². The van der Waals surface area contributed by atoms with Gasteiger partial charge in [0, 0.05) is 19.0 Å². The molecule has 0 amide bonds. The van der Waals surface area contributed by atoms with Gasteiger partial charge < -0.3 is 10.0 Å². The van der Waals surface area contributed by atoms with Gasteiger partial charge in [0.15, 0.2) is 5.60 Å². The van der Waals surface area contributed by atoms with Crippen LogP contribution in [0.1, 0.15) is 6.42 Å². The van der Waals surface area contributed by atoms with Crippen LogP contribution in [0.5, 0.6) is 0 Å². The fourth-order valence-corrected chi connectivity index (χ4v) is 1.86. The zero-order valence-electron chi connectivity index (χ0n) is 8.58. The zero-order valence-corrected chi connectivity index (χ0v) is 9.33. The molecule has 2 heterocycles. The molecule has 1 saturated heterocycles. The molecule has 0 bridgehead atoms. The lowest BCUT2D eigenvalue weighted by molar-refractivity contribution is -0.250. The topological polar surface area (TPSA) is 49.2 Å². The molecule has 0 saturated carbocycles. The second-order valence-corrected chi connectivity index (χ2v) is 4.29. The Morgan fingerprint density at radius 3 is 2.65 bits per heavy atom. The van der Waals surface area contributed by atoms with E-state index in [1.807, 2.05) is 0 Å². The van der Waals surface area contributed by atoms with Crippen molar-refractivity contribution in [1.82, 2.24) is 9.97 Å². The van der Waals surface area contributed by atoms with Crippen LogP contribution in [0.25, 0.3) is 0 Å². The number of rotatable bonds is 1. The summed E-state index contributed by atoms with van der Waals surface area (Å²) in [6.07, 6.45) is -3.85. The number of hydrogen-bond acceptors (Lipinski definition) is 4. The van der Waals surface area contributed by atoms with Crippen molar-refractivity contribution >= 4 is 17.4 Å². The first-order valence-corrected chi connectivity index (χ1v) is 5.21. The van der Waals surface area contributed by atoms with Gasteiger partial charge in [0.05, 0.1) is 6.54 Å². The van der Waals surface area contributed by atoms with Gasteiger partial charge in [0.25, 0.3) is 0 Å². The quantitative estimate of drug-likeness (QED) is 0.786. The number of β-amino-alcohol motifs (C(OH)–C–C–N with tert-alkyl or cyclic N) is 1. The monoisotopic (exact) mass is 267 g/mol. The molecular formula is C9H9ClF3N3O. The molecular weight excluding hydrogens is 259 g/mol. The molecule has 8 heteroatoms. The first kappa shape index (κ1) is 12.4. The minimum absolute atomic E-state index is 0.0728. The Kier molecular flexibility index (Phi) is 2.90. The molecule has 0 spiro atoms. The number of alkyl halides is 3. The summed E-state index contributed by atoms with van der Waals surface area (Å²) >= 11 is 5.62. The lowest BCUT2D eigenvalue weighted by atomic mass is 10.0. The van der Waals surface area contributed by atoms with Gasteiger partial charge in [-0.15, -0.1) is 0 Å². The van der Waals surface area contributed by atoms with Crippen LogP contribution >= 0.6 is 11.6 Å². The highest BCUT2D eigenvalue weighted by Crippen LogP contribution is 2.38. The molecule has 0 unspecified atom stereocenters. The molecule has 0 radical (unpaired) electrons. The SMILES string of the molecule is O[C@@]1(C(F)(F)F)CCN(c2cc(Cl)ncn2)C1. The van der Waals surface area contributed by atoms with Gasteiger partial charge in [-0.1, -0.05) is 11.6 Å². The standard InChI is InChI=1S/C9H9ClF3N3O/c10-6-3-7(15-5-14-6)16-2-1-8(17,4-16)9(11,12)13/h3,5,17H,1-2,4H2/t8-/m0/s1. The van der Waals surface area contributed by atoms with Crippen molar-refractivity contribution in [3.8, 4) is 0 Å². The van der Waals surface area contributed by atoms with E-state index in [0.717, 1.165) is 0 Å². The fraction of sp³-hybridized carbons (Fsp3) is 0.556. The largest absolute Gasteiger partial charge is 0.418 e. The van der Waals surface area contributed by atoms with E-state index in [1.165, 1.54) is 17.3 Å². The van der Waals surface area contributed by atoms with E-state index in [9.17, 15) is 18.3 Å². The minimum Gasteiger partial charge on any atom is -0.379 e. The number of anilines is 1. The second-order valence-electron chi connectivity index (χ2n) is 3.90. The summed E-state index contributed by atoms with van der Waals surface area (Å²) in [5.74, 6) is 0.283. The fourth-order valence-electron chi connectivity index (χ4n) is 1.72. The third kappa shape index (κ3) is 2.30. The van der Waals surface area contributed by atoms with Crippen LogP contribution in [0.3, 0.4) is 0 Å². The molecule has 4 nitrogen and oxygen atoms in total. The number of hydrogen-bond donors (Lipinski definition) is 1. The summed E-state index contributed by atoms with van der Waals surface area (Å²) in [4.78, 5) is 8.79. The molecule has 94 valence electrons. The summed E-state index contributed by atoms with van der Waals surface area (Å²) in [6.45, 7) is -0.465. The summed E-state index contributed by atoms with van der Waals surface area (Å²) in [7, 11) is 0. The Labute approximate surface area is 100 Å². The number of aliphatic hydroxyl groups is 1. The van der Waals surface area contributed by atoms with Gasteiger partial charge in [0.1, 0.15) is 17.3 Å². The Balaban J connectivity index is 2.18. The summed E-state index contributed by atoms with van der Waals surface area (Å²) in [5.41, 5.74) is -2.68. The van der Waals surface area contributed by atoms with Crippen molar-refractivity contribution in [3.63, 3.8) is 0 Å². The Morgan fingerprint density at radius 2 is 2.12 bits per heavy atom. The van der Waals surface area contributed by atoms with Crippen molar-refractivity contribution in [2.24, 2.45) is 0 Å². The predicted octanol–water partition coefficient (Wildman–Crippen LogP) is 1.63. The molecule has 0 aromatic carbocycles. The van der Waals surface area contributed by atoms with E-state index in [0.29, 0.717) is 0 Å². The van der Waals surface area contributed by atoms with Gasteiger partial charge in [-0.3, -0.25) is 0 Å². The Hall–Kier alpha value is -1.08. The highest BCUT2D eigenvalue weighted by molar-refractivity contribution is 6.29. The normalized spacial score (nSPS) is 25.4. The maximum absolute atomic E-state index is 12.6. The van der Waals surface area contributed by atoms with E-state index in [4.69, 9.17) is 11.6 Å². The van der Waals surface area contributed by atoms with E-state index >= 15 is 0 Å². The average molecular weight is 268 g/mol. The first-order chi connectivity index (χ1) is 7.82. The summed E-state index contributed by atoms with van der Waals surface area (Å²) < 4.78 is 37.7. The average Bonchev–Trinajstić information content (AvgIpc) is 2.61. The van der Waals surface area contributed by atoms with Gasteiger partial charge >= 0.3 is 6.18 Å². The highest BCUT2D eigenvalue weighted by atomic mass is 35.5. The summed E-state index contributed by atoms with van der Waals surface area (Å²) in [5, 5.41) is 9.64. The first-order valence-electron chi connectivity index (χ1n) is 4.83. The Morgan fingerprint density at radius 1 is 1.41 bits per heavy atom. The number of halogens is 4. The molecule has 2 rings (SSSR count). The van der Waals surface area contributed by atoms with Crippen molar-refractivity contribution in [3.05, 3.63) is 17.5 Å². The lowest BCUT2D eigenvalue weighted by Gasteiger charge is -2.26. The van der Waals surface area contributed by atoms with Crippen molar-refractivity contribution in [2.45, 2.75) is 18.2 Å². The van der Waals surface area contributed by atoms with E-state index in [-0.39, 0.29) is 23.9 Å². The van der Waals surface area contributed by atoms with Crippen LogP contribution in [0.2, 0.25) is 5.15 Å². The van der Waals surface area contributed by atoms with E-state index < -0.39 is 18.3 Å². The molecule has 1 atom stereocenters. The second kappa shape index (κ2) is 3.99. The van der Waals surface area contributed by atoms with Crippen LogP contribution in [-0.4, -0.2) is 39.9 Å². The number of aromatic nitrogens is 2. The Bertz CT molecular complexity index is 428. The van der Waals surface area contributed by atoms with Crippen LogP contribution in [-0.2, 0) is 0 Å². The molecule has 0 aliphatic carbocycles. The molecule has 1 aliphatic rings. The maximum atomic E-state index is 12.6. The summed E-state index contributed by atoms with van der Waals surface area (Å²) in [6, 6.07) is 1.36.